The first-order chi connectivity index (χ1) is 33.0. The molecule has 0 aliphatic rings. The molecule has 0 aromatic rings. The molecule has 1 N–H and O–H groups in total. The van der Waals surface area contributed by atoms with E-state index in [2.05, 4.69) is 74.6 Å². The van der Waals surface area contributed by atoms with E-state index < -0.39 is 26.5 Å². The van der Waals surface area contributed by atoms with Crippen molar-refractivity contribution in [2.24, 2.45) is 0 Å². The number of quaternary nitrogens is 1. The average molecular weight is 977 g/mol. The number of allylic oxidation sites excluding steroid dienone is 10. The number of rotatable bonds is 51. The Hall–Kier alpha value is -2.29. The third kappa shape index (κ3) is 53.1. The van der Waals surface area contributed by atoms with Gasteiger partial charge in [-0.3, -0.25) is 18.6 Å². The summed E-state index contributed by atoms with van der Waals surface area (Å²) in [6.45, 7) is 4.31. The summed E-state index contributed by atoms with van der Waals surface area (Å²) in [5.41, 5.74) is 0. The van der Waals surface area contributed by atoms with Crippen LogP contribution in [0.3, 0.4) is 0 Å². The summed E-state index contributed by atoms with van der Waals surface area (Å²) in [4.78, 5) is 35.6. The lowest BCUT2D eigenvalue weighted by atomic mass is 10.0. The summed E-state index contributed by atoms with van der Waals surface area (Å²) in [6.07, 6.45) is 62.9. The number of phosphoric acid groups is 1. The van der Waals surface area contributed by atoms with E-state index in [1.807, 2.05) is 21.1 Å². The molecule has 68 heavy (non-hydrogen) atoms. The number of likely N-dealkylation sites (N-methyl/N-ethyl adjacent to an activating group) is 1. The predicted molar refractivity (Wildman–Crippen MR) is 289 cm³/mol. The molecule has 0 bridgehead atoms. The van der Waals surface area contributed by atoms with Crippen molar-refractivity contribution in [1.29, 1.82) is 0 Å². The third-order valence-corrected chi connectivity index (χ3v) is 13.0. The fourth-order valence-electron chi connectivity index (χ4n) is 7.71. The van der Waals surface area contributed by atoms with Crippen molar-refractivity contribution in [2.75, 3.05) is 47.5 Å². The van der Waals surface area contributed by atoms with Gasteiger partial charge in [0.05, 0.1) is 27.7 Å². The van der Waals surface area contributed by atoms with Crippen molar-refractivity contribution >= 4 is 19.8 Å². The van der Waals surface area contributed by atoms with E-state index in [-0.39, 0.29) is 32.0 Å². The van der Waals surface area contributed by atoms with E-state index >= 15 is 0 Å². The topological polar surface area (TPSA) is 108 Å². The molecule has 0 aromatic carbocycles. The van der Waals surface area contributed by atoms with Crippen LogP contribution in [0.15, 0.2) is 60.8 Å². The lowest BCUT2D eigenvalue weighted by molar-refractivity contribution is -0.870. The molecule has 9 nitrogen and oxygen atoms in total. The van der Waals surface area contributed by atoms with E-state index in [4.69, 9.17) is 18.5 Å². The van der Waals surface area contributed by atoms with Gasteiger partial charge in [0.1, 0.15) is 19.8 Å². The minimum absolute atomic E-state index is 0.0251. The summed E-state index contributed by atoms with van der Waals surface area (Å²) in [7, 11) is 1.46. The summed E-state index contributed by atoms with van der Waals surface area (Å²) in [6, 6.07) is 0. The molecule has 0 saturated heterocycles. The van der Waals surface area contributed by atoms with E-state index in [0.29, 0.717) is 17.4 Å². The van der Waals surface area contributed by atoms with Crippen molar-refractivity contribution in [2.45, 2.75) is 251 Å². The summed E-state index contributed by atoms with van der Waals surface area (Å²) in [5.74, 6) is -0.821. The van der Waals surface area contributed by atoms with E-state index in [0.717, 1.165) is 70.6 Å². The first-order valence-corrected chi connectivity index (χ1v) is 29.5. The molecular weight excluding hydrogens is 870 g/mol. The molecule has 0 radical (unpaired) electrons. The van der Waals surface area contributed by atoms with Crippen molar-refractivity contribution in [3.63, 3.8) is 0 Å². The van der Waals surface area contributed by atoms with Crippen LogP contribution in [0.4, 0.5) is 0 Å². The van der Waals surface area contributed by atoms with Crippen LogP contribution >= 0.6 is 7.82 Å². The molecule has 10 heteroatoms. The van der Waals surface area contributed by atoms with Gasteiger partial charge in [-0.25, -0.2) is 4.57 Å². The number of hydrogen-bond donors (Lipinski definition) is 1. The van der Waals surface area contributed by atoms with Gasteiger partial charge in [0.2, 0.25) is 0 Å². The highest BCUT2D eigenvalue weighted by atomic mass is 31.2. The Kier molecular flexibility index (Phi) is 48.0. The van der Waals surface area contributed by atoms with Crippen molar-refractivity contribution in [3.8, 4) is 0 Å². The summed E-state index contributed by atoms with van der Waals surface area (Å²) in [5, 5.41) is 0. The zero-order valence-corrected chi connectivity index (χ0v) is 45.7. The average Bonchev–Trinajstić information content (AvgIpc) is 3.30. The first kappa shape index (κ1) is 65.7. The number of ether oxygens (including phenoxy) is 2. The van der Waals surface area contributed by atoms with Gasteiger partial charge in [0.25, 0.3) is 0 Å². The molecule has 2 unspecified atom stereocenters. The lowest BCUT2D eigenvalue weighted by Crippen LogP contribution is -2.37. The highest BCUT2D eigenvalue weighted by Gasteiger charge is 2.27. The zero-order chi connectivity index (χ0) is 49.9. The Morgan fingerprint density at radius 3 is 1.26 bits per heavy atom. The number of nitrogens with zero attached hydrogens (tertiary/aromatic N) is 1. The lowest BCUT2D eigenvalue weighted by Gasteiger charge is -2.24. The summed E-state index contributed by atoms with van der Waals surface area (Å²) >= 11 is 0. The predicted octanol–water partition coefficient (Wildman–Crippen LogP) is 17.1. The van der Waals surface area contributed by atoms with Gasteiger partial charge in [-0.1, -0.05) is 216 Å². The van der Waals surface area contributed by atoms with Gasteiger partial charge in [-0.05, 0) is 77.0 Å². The molecule has 0 amide bonds. The number of carbonyl (C=O) groups excluding carboxylic acids is 2. The van der Waals surface area contributed by atoms with E-state index in [9.17, 15) is 19.0 Å². The molecule has 0 aliphatic heterocycles. The number of hydrogen-bond acceptors (Lipinski definition) is 7. The van der Waals surface area contributed by atoms with Crippen molar-refractivity contribution in [1.82, 2.24) is 0 Å². The maximum absolute atomic E-state index is 12.8. The Bertz CT molecular complexity index is 1340. The monoisotopic (exact) mass is 977 g/mol. The minimum atomic E-state index is -4.39. The summed E-state index contributed by atoms with van der Waals surface area (Å²) < 4.78 is 34.5. The number of carbonyl (C=O) groups is 2. The number of esters is 2. The van der Waals surface area contributed by atoms with Gasteiger partial charge in [0.15, 0.2) is 6.10 Å². The molecule has 0 aromatic heterocycles. The molecule has 0 fully saturated rings. The van der Waals surface area contributed by atoms with Crippen molar-refractivity contribution < 1.29 is 42.1 Å². The van der Waals surface area contributed by atoms with Crippen LogP contribution in [-0.2, 0) is 32.7 Å². The van der Waals surface area contributed by atoms with Crippen LogP contribution < -0.4 is 0 Å². The maximum atomic E-state index is 12.8. The quantitative estimate of drug-likeness (QED) is 0.0211. The van der Waals surface area contributed by atoms with E-state index in [1.54, 1.807) is 0 Å². The molecule has 0 aliphatic carbocycles. The normalized spacial score (nSPS) is 13.8. The Labute approximate surface area is 419 Å². The minimum Gasteiger partial charge on any atom is -0.462 e. The molecule has 0 saturated carbocycles. The van der Waals surface area contributed by atoms with Crippen LogP contribution in [0.2, 0.25) is 0 Å². The largest absolute Gasteiger partial charge is 0.472 e. The number of unbranched alkanes of at least 4 members (excludes halogenated alkanes) is 27. The second-order valence-electron chi connectivity index (χ2n) is 19.9. The molecule has 396 valence electrons. The van der Waals surface area contributed by atoms with Gasteiger partial charge in [0, 0.05) is 12.8 Å². The molecule has 0 rings (SSSR count). The number of phosphoric ester groups is 1. The molecule has 2 atom stereocenters. The van der Waals surface area contributed by atoms with Gasteiger partial charge >= 0.3 is 19.8 Å². The maximum Gasteiger partial charge on any atom is 0.472 e. The van der Waals surface area contributed by atoms with Crippen LogP contribution in [0, 0.1) is 0 Å². The Morgan fingerprint density at radius 1 is 0.471 bits per heavy atom. The second kappa shape index (κ2) is 49.7. The van der Waals surface area contributed by atoms with Crippen LogP contribution in [0.1, 0.15) is 245 Å². The van der Waals surface area contributed by atoms with Crippen LogP contribution in [0.25, 0.3) is 0 Å². The SMILES string of the molecule is CC/C=C\C/C=C\C/C=C\C/C=C\CCCCCCC(=O)OC(COC(=O)CCCCCCCCCCCCCCCCC/C=C\CCCCCCCCCC)COP(=O)(O)OCC[N+](C)(C)C. The van der Waals surface area contributed by atoms with Crippen LogP contribution in [-0.4, -0.2) is 74.9 Å². The third-order valence-electron chi connectivity index (χ3n) is 12.0. The Balaban J connectivity index is 4.15. The standard InChI is InChI=1S/C58H106NO8P/c1-6-8-10-12-14-16-18-20-22-24-25-26-27-28-29-30-31-32-33-35-36-38-40-42-44-46-48-50-57(60)64-54-56(55-66-68(62,63)65-53-52-59(3,4)5)67-58(61)51-49-47-45-43-41-39-37-34-23-21-19-17-15-13-11-9-7-2/h9,11,15,17,21,23-25,37,39,56H,6-8,10,12-14,16,18-20,22,26-36,38,40-55H2,1-5H3/p+1/b11-9-,17-15-,23-21-,25-24-,39-37-. The van der Waals surface area contributed by atoms with Crippen molar-refractivity contribution in [3.05, 3.63) is 60.8 Å². The molecule has 0 spiro atoms. The highest BCUT2D eigenvalue weighted by Crippen LogP contribution is 2.43. The van der Waals surface area contributed by atoms with Gasteiger partial charge < -0.3 is 18.9 Å². The molecular formula is C58H107NO8P+. The highest BCUT2D eigenvalue weighted by molar-refractivity contribution is 7.47. The second-order valence-corrected chi connectivity index (χ2v) is 21.4. The smallest absolute Gasteiger partial charge is 0.462 e. The van der Waals surface area contributed by atoms with Gasteiger partial charge in [-0.2, -0.15) is 0 Å². The van der Waals surface area contributed by atoms with Gasteiger partial charge in [-0.15, -0.1) is 0 Å². The molecule has 0 heterocycles. The Morgan fingerprint density at radius 2 is 0.838 bits per heavy atom. The first-order valence-electron chi connectivity index (χ1n) is 28.0. The fourth-order valence-corrected chi connectivity index (χ4v) is 8.45. The fraction of sp³-hybridized carbons (Fsp3) is 0.793. The van der Waals surface area contributed by atoms with E-state index in [1.165, 1.54) is 141 Å². The zero-order valence-electron chi connectivity index (χ0n) is 44.8. The van der Waals surface area contributed by atoms with Crippen LogP contribution in [0.5, 0.6) is 0 Å².